The number of hydrogen-bond acceptors (Lipinski definition) is 4. The van der Waals surface area contributed by atoms with Gasteiger partial charge in [0.15, 0.2) is 0 Å². The Kier molecular flexibility index (Phi) is 6.63. The molecule has 0 aliphatic carbocycles. The molecule has 138 valence electrons. The second-order valence-electron chi connectivity index (χ2n) is 6.41. The minimum Gasteiger partial charge on any atom is -0.497 e. The van der Waals surface area contributed by atoms with Crippen molar-refractivity contribution in [3.8, 4) is 5.75 Å². The van der Waals surface area contributed by atoms with Gasteiger partial charge in [0, 0.05) is 26.2 Å². The van der Waals surface area contributed by atoms with Gasteiger partial charge in [0.2, 0.25) is 0 Å². The van der Waals surface area contributed by atoms with Crippen LogP contribution in [0.3, 0.4) is 0 Å². The van der Waals surface area contributed by atoms with E-state index in [0.717, 1.165) is 24.3 Å². The molecule has 1 N–H and O–H groups in total. The van der Waals surface area contributed by atoms with Crippen molar-refractivity contribution in [3.05, 3.63) is 65.7 Å². The first kappa shape index (κ1) is 18.4. The number of carbonyl (C=O) groups excluding carboxylic acids is 1. The Bertz CT molecular complexity index is 682. The molecular weight excluding hydrogens is 328 g/mol. The van der Waals surface area contributed by atoms with E-state index in [9.17, 15) is 4.79 Å². The fourth-order valence-corrected chi connectivity index (χ4v) is 3.05. The van der Waals surface area contributed by atoms with Gasteiger partial charge in [-0.25, -0.2) is 0 Å². The molecule has 1 fully saturated rings. The van der Waals surface area contributed by atoms with Crippen molar-refractivity contribution in [3.63, 3.8) is 0 Å². The Balaban J connectivity index is 1.67. The van der Waals surface area contributed by atoms with Crippen molar-refractivity contribution in [2.45, 2.75) is 19.1 Å². The molecule has 2 aromatic rings. The van der Waals surface area contributed by atoms with E-state index < -0.39 is 6.10 Å². The van der Waals surface area contributed by atoms with Crippen molar-refractivity contribution in [2.75, 3.05) is 33.4 Å². The molecule has 1 saturated heterocycles. The third-order valence-electron chi connectivity index (χ3n) is 4.56. The topological polar surface area (TPSA) is 50.8 Å². The normalized spacial score (nSPS) is 16.9. The van der Waals surface area contributed by atoms with Crippen LogP contribution < -0.4 is 10.1 Å². The van der Waals surface area contributed by atoms with Gasteiger partial charge in [-0.05, 0) is 29.7 Å². The molecule has 1 amide bonds. The van der Waals surface area contributed by atoms with E-state index in [4.69, 9.17) is 9.47 Å². The molecule has 1 unspecified atom stereocenters. The van der Waals surface area contributed by atoms with Gasteiger partial charge < -0.3 is 19.7 Å². The third kappa shape index (κ3) is 5.07. The number of amides is 1. The van der Waals surface area contributed by atoms with Crippen LogP contribution in [0.25, 0.3) is 0 Å². The van der Waals surface area contributed by atoms with E-state index in [1.54, 1.807) is 7.11 Å². The number of ether oxygens (including phenoxy) is 2. The van der Waals surface area contributed by atoms with E-state index >= 15 is 0 Å². The predicted octanol–water partition coefficient (Wildman–Crippen LogP) is 2.25. The molecular formula is C21H26N2O3. The fraction of sp³-hybridized carbons (Fsp3) is 0.381. The number of nitrogens with zero attached hydrogens (tertiary/aromatic N) is 1. The van der Waals surface area contributed by atoms with Crippen LogP contribution in [-0.4, -0.2) is 50.3 Å². The van der Waals surface area contributed by atoms with Gasteiger partial charge in [-0.3, -0.25) is 4.79 Å². The van der Waals surface area contributed by atoms with Crippen LogP contribution >= 0.6 is 0 Å². The summed E-state index contributed by atoms with van der Waals surface area (Å²) < 4.78 is 10.9. The number of nitrogens with one attached hydrogen (secondary N) is 1. The number of hydrogen-bond donors (Lipinski definition) is 1. The summed E-state index contributed by atoms with van der Waals surface area (Å²) in [5.41, 5.74) is 2.30. The fourth-order valence-electron chi connectivity index (χ4n) is 3.05. The average Bonchev–Trinajstić information content (AvgIpc) is 2.72. The van der Waals surface area contributed by atoms with Gasteiger partial charge in [-0.15, -0.1) is 0 Å². The van der Waals surface area contributed by atoms with Crippen LogP contribution in [0.5, 0.6) is 5.75 Å². The quantitative estimate of drug-likeness (QED) is 0.829. The highest BCUT2D eigenvalue weighted by Crippen LogP contribution is 2.14. The molecule has 1 aliphatic heterocycles. The zero-order chi connectivity index (χ0) is 18.2. The van der Waals surface area contributed by atoms with Gasteiger partial charge in [0.25, 0.3) is 5.91 Å². The SMILES string of the molecule is COc1ccc(CCN(Cc2ccccc2)C(=O)C2CNCCO2)cc1. The molecule has 0 spiro atoms. The molecule has 2 aromatic carbocycles. The lowest BCUT2D eigenvalue weighted by Crippen LogP contribution is -2.49. The summed E-state index contributed by atoms with van der Waals surface area (Å²) in [4.78, 5) is 14.9. The highest BCUT2D eigenvalue weighted by molar-refractivity contribution is 5.81. The molecule has 0 saturated carbocycles. The van der Waals surface area contributed by atoms with E-state index in [2.05, 4.69) is 5.32 Å². The molecule has 26 heavy (non-hydrogen) atoms. The third-order valence-corrected chi connectivity index (χ3v) is 4.56. The molecule has 0 radical (unpaired) electrons. The summed E-state index contributed by atoms with van der Waals surface area (Å²) >= 11 is 0. The molecule has 5 heteroatoms. The number of morpholine rings is 1. The van der Waals surface area contributed by atoms with E-state index in [0.29, 0.717) is 26.2 Å². The summed E-state index contributed by atoms with van der Waals surface area (Å²) in [5.74, 6) is 0.891. The molecule has 3 rings (SSSR count). The van der Waals surface area contributed by atoms with Crippen LogP contribution in [0.4, 0.5) is 0 Å². The maximum atomic E-state index is 13.0. The van der Waals surface area contributed by atoms with Crippen molar-refractivity contribution >= 4 is 5.91 Å². The zero-order valence-electron chi connectivity index (χ0n) is 15.2. The highest BCUT2D eigenvalue weighted by Gasteiger charge is 2.26. The summed E-state index contributed by atoms with van der Waals surface area (Å²) in [5, 5.41) is 3.23. The highest BCUT2D eigenvalue weighted by atomic mass is 16.5. The second kappa shape index (κ2) is 9.36. The zero-order valence-corrected chi connectivity index (χ0v) is 15.2. The maximum Gasteiger partial charge on any atom is 0.253 e. The lowest BCUT2D eigenvalue weighted by Gasteiger charge is -2.30. The first-order valence-corrected chi connectivity index (χ1v) is 9.04. The summed E-state index contributed by atoms with van der Waals surface area (Å²) in [7, 11) is 1.66. The van der Waals surface area contributed by atoms with E-state index in [-0.39, 0.29) is 5.91 Å². The Morgan fingerprint density at radius 1 is 1.15 bits per heavy atom. The first-order chi connectivity index (χ1) is 12.8. The van der Waals surface area contributed by atoms with E-state index in [1.807, 2.05) is 59.5 Å². The van der Waals surface area contributed by atoms with Crippen molar-refractivity contribution in [1.82, 2.24) is 10.2 Å². The van der Waals surface area contributed by atoms with Crippen molar-refractivity contribution < 1.29 is 14.3 Å². The van der Waals surface area contributed by atoms with E-state index in [1.165, 1.54) is 5.56 Å². The van der Waals surface area contributed by atoms with Crippen LogP contribution in [0.15, 0.2) is 54.6 Å². The summed E-state index contributed by atoms with van der Waals surface area (Å²) in [6.45, 7) is 3.20. The monoisotopic (exact) mass is 354 g/mol. The van der Waals surface area contributed by atoms with Crippen LogP contribution in [0.1, 0.15) is 11.1 Å². The average molecular weight is 354 g/mol. The minimum absolute atomic E-state index is 0.0505. The lowest BCUT2D eigenvalue weighted by molar-refractivity contribution is -0.145. The molecule has 0 bridgehead atoms. The standard InChI is InChI=1S/C21H26N2O3/c1-25-19-9-7-17(8-10-19)11-13-23(16-18-5-3-2-4-6-18)21(24)20-15-22-12-14-26-20/h2-10,20,22H,11-16H2,1H3. The number of carbonyl (C=O) groups is 1. The van der Waals surface area contributed by atoms with Gasteiger partial charge in [0.05, 0.1) is 13.7 Å². The number of benzene rings is 2. The largest absolute Gasteiger partial charge is 0.497 e. The minimum atomic E-state index is -0.400. The molecule has 5 nitrogen and oxygen atoms in total. The van der Waals surface area contributed by atoms with Gasteiger partial charge in [-0.1, -0.05) is 42.5 Å². The smallest absolute Gasteiger partial charge is 0.253 e. The number of methoxy groups -OCH3 is 1. The second-order valence-corrected chi connectivity index (χ2v) is 6.41. The molecule has 1 aliphatic rings. The molecule has 1 atom stereocenters. The Morgan fingerprint density at radius 2 is 1.92 bits per heavy atom. The molecule has 1 heterocycles. The first-order valence-electron chi connectivity index (χ1n) is 9.04. The number of rotatable bonds is 7. The lowest BCUT2D eigenvalue weighted by atomic mass is 10.1. The van der Waals surface area contributed by atoms with Crippen LogP contribution in [0, 0.1) is 0 Å². The Morgan fingerprint density at radius 3 is 2.58 bits per heavy atom. The Labute approximate surface area is 154 Å². The summed E-state index contributed by atoms with van der Waals surface area (Å²) in [6.07, 6.45) is 0.395. The van der Waals surface area contributed by atoms with Crippen molar-refractivity contribution in [2.24, 2.45) is 0 Å². The van der Waals surface area contributed by atoms with Crippen LogP contribution in [0.2, 0.25) is 0 Å². The van der Waals surface area contributed by atoms with Crippen molar-refractivity contribution in [1.29, 1.82) is 0 Å². The maximum absolute atomic E-state index is 13.0. The van der Waals surface area contributed by atoms with Gasteiger partial charge in [0.1, 0.15) is 11.9 Å². The van der Waals surface area contributed by atoms with Gasteiger partial charge >= 0.3 is 0 Å². The Hall–Kier alpha value is -2.37. The van der Waals surface area contributed by atoms with Gasteiger partial charge in [-0.2, -0.15) is 0 Å². The predicted molar refractivity (Wildman–Crippen MR) is 101 cm³/mol. The summed E-state index contributed by atoms with van der Waals surface area (Å²) in [6, 6.07) is 18.1. The van der Waals surface area contributed by atoms with Crippen LogP contribution in [-0.2, 0) is 22.5 Å². The molecule has 0 aromatic heterocycles.